The Balaban J connectivity index is 2.65. The maximum Gasteiger partial charge on any atom is 0.340 e. The zero-order chi connectivity index (χ0) is 14.2. The van der Waals surface area contributed by atoms with Crippen LogP contribution in [0.25, 0.3) is 11.1 Å². The number of aromatic carboxylic acids is 1. The molecular formula is C13H8F3NO2. The number of nitrogens with two attached hydrogens (primary N) is 1. The predicted molar refractivity (Wildman–Crippen MR) is 63.1 cm³/mol. The van der Waals surface area contributed by atoms with Crippen molar-refractivity contribution in [2.24, 2.45) is 0 Å². The molecule has 2 aromatic carbocycles. The van der Waals surface area contributed by atoms with Gasteiger partial charge in [-0.15, -0.1) is 0 Å². The predicted octanol–water partition coefficient (Wildman–Crippen LogP) is 3.05. The summed E-state index contributed by atoms with van der Waals surface area (Å²) in [6, 6.07) is 5.31. The van der Waals surface area contributed by atoms with Crippen molar-refractivity contribution in [3.63, 3.8) is 0 Å². The molecule has 98 valence electrons. The van der Waals surface area contributed by atoms with Gasteiger partial charge in [-0.05, 0) is 23.8 Å². The SMILES string of the molecule is Nc1cc(-c2cccc(F)c2F)cc(F)c1C(=O)O. The summed E-state index contributed by atoms with van der Waals surface area (Å²) in [6.45, 7) is 0. The second-order valence-electron chi connectivity index (χ2n) is 3.83. The Labute approximate surface area is 106 Å². The molecule has 0 aliphatic heterocycles. The van der Waals surface area contributed by atoms with Gasteiger partial charge >= 0.3 is 5.97 Å². The van der Waals surface area contributed by atoms with Crippen LogP contribution < -0.4 is 5.73 Å². The second-order valence-corrected chi connectivity index (χ2v) is 3.83. The zero-order valence-electron chi connectivity index (χ0n) is 9.45. The van der Waals surface area contributed by atoms with Crippen molar-refractivity contribution >= 4 is 11.7 Å². The van der Waals surface area contributed by atoms with E-state index in [2.05, 4.69) is 0 Å². The summed E-state index contributed by atoms with van der Waals surface area (Å²) < 4.78 is 40.2. The van der Waals surface area contributed by atoms with E-state index in [1.54, 1.807) is 0 Å². The van der Waals surface area contributed by atoms with E-state index in [4.69, 9.17) is 10.8 Å². The molecule has 0 spiro atoms. The van der Waals surface area contributed by atoms with Crippen molar-refractivity contribution < 1.29 is 23.1 Å². The van der Waals surface area contributed by atoms with Crippen LogP contribution in [0.15, 0.2) is 30.3 Å². The van der Waals surface area contributed by atoms with Gasteiger partial charge in [0.1, 0.15) is 11.4 Å². The third kappa shape index (κ3) is 2.24. The molecule has 0 unspecified atom stereocenters. The summed E-state index contributed by atoms with van der Waals surface area (Å²) in [5.74, 6) is -4.87. The number of halogens is 3. The molecule has 0 bridgehead atoms. The average molecular weight is 267 g/mol. The molecule has 3 N–H and O–H groups in total. The standard InChI is InChI=1S/C13H8F3NO2/c14-8-3-1-2-7(12(8)16)6-4-9(15)11(13(18)19)10(17)5-6/h1-5H,17H2,(H,18,19). The fraction of sp³-hybridized carbons (Fsp3) is 0. The molecule has 2 aromatic rings. The van der Waals surface area contributed by atoms with Gasteiger partial charge in [0.05, 0.1) is 0 Å². The molecule has 0 aromatic heterocycles. The van der Waals surface area contributed by atoms with E-state index in [1.807, 2.05) is 0 Å². The van der Waals surface area contributed by atoms with Gasteiger partial charge in [0.25, 0.3) is 0 Å². The Morgan fingerprint density at radius 2 is 1.79 bits per heavy atom. The van der Waals surface area contributed by atoms with E-state index < -0.39 is 29.0 Å². The first kappa shape index (κ1) is 12.9. The Bertz CT molecular complexity index is 648. The fourth-order valence-corrected chi connectivity index (χ4v) is 1.74. The Kier molecular flexibility index (Phi) is 3.16. The van der Waals surface area contributed by atoms with Crippen LogP contribution in [0, 0.1) is 17.5 Å². The largest absolute Gasteiger partial charge is 0.478 e. The van der Waals surface area contributed by atoms with Crippen LogP contribution in [-0.4, -0.2) is 11.1 Å². The lowest BCUT2D eigenvalue weighted by atomic mass is 10.0. The first-order chi connectivity index (χ1) is 8.91. The molecule has 0 amide bonds. The van der Waals surface area contributed by atoms with Gasteiger partial charge in [-0.25, -0.2) is 18.0 Å². The topological polar surface area (TPSA) is 63.3 Å². The molecule has 0 atom stereocenters. The maximum absolute atomic E-state index is 13.6. The van der Waals surface area contributed by atoms with Crippen LogP contribution in [0.5, 0.6) is 0 Å². The Hall–Kier alpha value is -2.50. The van der Waals surface area contributed by atoms with Gasteiger partial charge in [0.15, 0.2) is 11.6 Å². The van der Waals surface area contributed by atoms with Crippen molar-refractivity contribution in [3.8, 4) is 11.1 Å². The molecule has 0 aliphatic rings. The minimum Gasteiger partial charge on any atom is -0.478 e. The van der Waals surface area contributed by atoms with Gasteiger partial charge in [-0.3, -0.25) is 0 Å². The average Bonchev–Trinajstić information content (AvgIpc) is 2.31. The molecule has 6 heteroatoms. The summed E-state index contributed by atoms with van der Waals surface area (Å²) in [5, 5.41) is 8.75. The van der Waals surface area contributed by atoms with Crippen molar-refractivity contribution in [3.05, 3.63) is 53.3 Å². The summed E-state index contributed by atoms with van der Waals surface area (Å²) in [4.78, 5) is 10.8. The van der Waals surface area contributed by atoms with Crippen molar-refractivity contribution in [2.75, 3.05) is 5.73 Å². The van der Waals surface area contributed by atoms with E-state index in [0.717, 1.165) is 18.2 Å². The smallest absolute Gasteiger partial charge is 0.340 e. The quantitative estimate of drug-likeness (QED) is 0.822. The number of hydrogen-bond donors (Lipinski definition) is 2. The molecule has 0 heterocycles. The van der Waals surface area contributed by atoms with Crippen LogP contribution >= 0.6 is 0 Å². The summed E-state index contributed by atoms with van der Waals surface area (Å²) in [5.41, 5.74) is 4.14. The first-order valence-electron chi connectivity index (χ1n) is 5.18. The highest BCUT2D eigenvalue weighted by atomic mass is 19.2. The molecule has 3 nitrogen and oxygen atoms in total. The van der Waals surface area contributed by atoms with Crippen molar-refractivity contribution in [2.45, 2.75) is 0 Å². The summed E-state index contributed by atoms with van der Waals surface area (Å²) in [7, 11) is 0. The minimum atomic E-state index is -1.53. The number of hydrogen-bond acceptors (Lipinski definition) is 2. The highest BCUT2D eigenvalue weighted by Crippen LogP contribution is 2.29. The molecule has 2 rings (SSSR count). The molecule has 19 heavy (non-hydrogen) atoms. The first-order valence-corrected chi connectivity index (χ1v) is 5.18. The van der Waals surface area contributed by atoms with Crippen LogP contribution in [-0.2, 0) is 0 Å². The summed E-state index contributed by atoms with van der Waals surface area (Å²) in [6.07, 6.45) is 0. The number of nitrogen functional groups attached to an aromatic ring is 1. The Morgan fingerprint density at radius 1 is 1.11 bits per heavy atom. The van der Waals surface area contributed by atoms with Crippen LogP contribution in [0.1, 0.15) is 10.4 Å². The number of anilines is 1. The number of benzene rings is 2. The molecule has 0 radical (unpaired) electrons. The summed E-state index contributed by atoms with van der Waals surface area (Å²) >= 11 is 0. The lowest BCUT2D eigenvalue weighted by Gasteiger charge is -2.08. The van der Waals surface area contributed by atoms with Crippen LogP contribution in [0.4, 0.5) is 18.9 Å². The molecule has 0 saturated heterocycles. The number of carbonyl (C=O) groups is 1. The van der Waals surface area contributed by atoms with Gasteiger partial charge in [0.2, 0.25) is 0 Å². The molecule has 0 fully saturated rings. The van der Waals surface area contributed by atoms with Crippen LogP contribution in [0.3, 0.4) is 0 Å². The third-order valence-corrected chi connectivity index (χ3v) is 2.60. The zero-order valence-corrected chi connectivity index (χ0v) is 9.45. The van der Waals surface area contributed by atoms with Crippen molar-refractivity contribution in [1.29, 1.82) is 0 Å². The number of carboxylic acids is 1. The van der Waals surface area contributed by atoms with Gasteiger partial charge in [-0.2, -0.15) is 0 Å². The van der Waals surface area contributed by atoms with Gasteiger partial charge < -0.3 is 10.8 Å². The molecule has 0 aliphatic carbocycles. The fourth-order valence-electron chi connectivity index (χ4n) is 1.74. The molecular weight excluding hydrogens is 259 g/mol. The van der Waals surface area contributed by atoms with E-state index in [-0.39, 0.29) is 16.8 Å². The minimum absolute atomic E-state index is 0.0306. The van der Waals surface area contributed by atoms with E-state index in [1.165, 1.54) is 12.1 Å². The maximum atomic E-state index is 13.6. The highest BCUT2D eigenvalue weighted by molar-refractivity contribution is 5.95. The lowest BCUT2D eigenvalue weighted by molar-refractivity contribution is 0.0693. The number of carboxylic acid groups (broad SMARTS) is 1. The monoisotopic (exact) mass is 267 g/mol. The second kappa shape index (κ2) is 4.64. The third-order valence-electron chi connectivity index (χ3n) is 2.60. The van der Waals surface area contributed by atoms with Gasteiger partial charge in [0, 0.05) is 11.3 Å². The lowest BCUT2D eigenvalue weighted by Crippen LogP contribution is -2.06. The Morgan fingerprint density at radius 3 is 2.37 bits per heavy atom. The highest BCUT2D eigenvalue weighted by Gasteiger charge is 2.18. The van der Waals surface area contributed by atoms with Crippen molar-refractivity contribution in [1.82, 2.24) is 0 Å². The van der Waals surface area contributed by atoms with E-state index in [9.17, 15) is 18.0 Å². The van der Waals surface area contributed by atoms with Gasteiger partial charge in [-0.1, -0.05) is 12.1 Å². The van der Waals surface area contributed by atoms with E-state index in [0.29, 0.717) is 0 Å². The molecule has 0 saturated carbocycles. The normalized spacial score (nSPS) is 10.5. The van der Waals surface area contributed by atoms with Crippen LogP contribution in [0.2, 0.25) is 0 Å². The number of rotatable bonds is 2. The van der Waals surface area contributed by atoms with E-state index >= 15 is 0 Å².